The quantitative estimate of drug-likeness (QED) is 0.722. The molecule has 0 radical (unpaired) electrons. The molecule has 0 unspecified atom stereocenters. The largest absolute Gasteiger partial charge is 0.361 e. The number of benzene rings is 1. The van der Waals surface area contributed by atoms with E-state index in [1.807, 2.05) is 26.8 Å². The molecular formula is C19H28N4O2. The number of carbonyl (C=O) groups is 1. The van der Waals surface area contributed by atoms with Gasteiger partial charge in [-0.25, -0.2) is 4.79 Å². The van der Waals surface area contributed by atoms with Gasteiger partial charge < -0.3 is 20.1 Å². The summed E-state index contributed by atoms with van der Waals surface area (Å²) < 4.78 is 5.14. The van der Waals surface area contributed by atoms with E-state index in [2.05, 4.69) is 52.0 Å². The number of aromatic nitrogens is 1. The molecule has 0 saturated carbocycles. The van der Waals surface area contributed by atoms with Gasteiger partial charge in [-0.1, -0.05) is 35.5 Å². The topological polar surface area (TPSA) is 70.4 Å². The van der Waals surface area contributed by atoms with Crippen molar-refractivity contribution in [3.05, 3.63) is 52.9 Å². The molecule has 136 valence electrons. The third-order valence-electron chi connectivity index (χ3n) is 4.17. The summed E-state index contributed by atoms with van der Waals surface area (Å²) in [6.07, 6.45) is 0.899. The Morgan fingerprint density at radius 2 is 2.00 bits per heavy atom. The average molecular weight is 344 g/mol. The maximum atomic E-state index is 12.0. The van der Waals surface area contributed by atoms with Crippen LogP contribution < -0.4 is 10.6 Å². The van der Waals surface area contributed by atoms with Gasteiger partial charge in [0.05, 0.1) is 11.7 Å². The molecule has 0 aliphatic carbocycles. The van der Waals surface area contributed by atoms with Gasteiger partial charge in [-0.2, -0.15) is 0 Å². The summed E-state index contributed by atoms with van der Waals surface area (Å²) in [6, 6.07) is 10.1. The number of aryl methyl sites for hydroxylation is 2. The van der Waals surface area contributed by atoms with Crippen LogP contribution in [0.3, 0.4) is 0 Å². The van der Waals surface area contributed by atoms with Gasteiger partial charge in [0.1, 0.15) is 5.76 Å². The monoisotopic (exact) mass is 344 g/mol. The highest BCUT2D eigenvalue weighted by molar-refractivity contribution is 5.74. The van der Waals surface area contributed by atoms with Crippen LogP contribution in [-0.2, 0) is 6.54 Å². The number of hydrogen-bond donors (Lipinski definition) is 2. The molecule has 2 amide bonds. The molecule has 0 aliphatic heterocycles. The molecule has 0 spiro atoms. The summed E-state index contributed by atoms with van der Waals surface area (Å²) >= 11 is 0. The first-order chi connectivity index (χ1) is 12.0. The van der Waals surface area contributed by atoms with Crippen LogP contribution in [-0.4, -0.2) is 36.2 Å². The molecule has 1 aromatic carbocycles. The fourth-order valence-corrected chi connectivity index (χ4v) is 2.95. The van der Waals surface area contributed by atoms with Crippen molar-refractivity contribution in [2.75, 3.05) is 20.1 Å². The Morgan fingerprint density at radius 3 is 2.64 bits per heavy atom. The first kappa shape index (κ1) is 19.0. The second-order valence-corrected chi connectivity index (χ2v) is 6.44. The molecular weight excluding hydrogens is 316 g/mol. The number of urea groups is 1. The molecule has 2 rings (SSSR count). The molecule has 0 bridgehead atoms. The Morgan fingerprint density at radius 1 is 1.28 bits per heavy atom. The lowest BCUT2D eigenvalue weighted by atomic mass is 10.1. The Balaban J connectivity index is 1.65. The standard InChI is InChI=1S/C19H28N4O2/c1-14(18-15(2)22-25-16(18)3)21-19(24)20-11-8-12-23(4)13-17-9-6-5-7-10-17/h5-7,9-10,14H,8,11-13H2,1-4H3,(H2,20,21,24)/t14-/m1/s1. The van der Waals surface area contributed by atoms with Crippen molar-refractivity contribution in [1.29, 1.82) is 0 Å². The van der Waals surface area contributed by atoms with E-state index in [1.54, 1.807) is 0 Å². The first-order valence-electron chi connectivity index (χ1n) is 8.67. The molecule has 1 heterocycles. The summed E-state index contributed by atoms with van der Waals surface area (Å²) in [4.78, 5) is 14.3. The molecule has 0 aliphatic rings. The summed E-state index contributed by atoms with van der Waals surface area (Å²) in [7, 11) is 2.09. The minimum atomic E-state index is -0.168. The number of nitrogens with zero attached hydrogens (tertiary/aromatic N) is 2. The highest BCUT2D eigenvalue weighted by atomic mass is 16.5. The third kappa shape index (κ3) is 5.90. The van der Waals surface area contributed by atoms with Gasteiger partial charge in [-0.15, -0.1) is 0 Å². The molecule has 6 heteroatoms. The molecule has 0 saturated heterocycles. The highest BCUT2D eigenvalue weighted by Crippen LogP contribution is 2.20. The fraction of sp³-hybridized carbons (Fsp3) is 0.474. The number of hydrogen-bond acceptors (Lipinski definition) is 4. The van der Waals surface area contributed by atoms with E-state index < -0.39 is 0 Å². The normalized spacial score (nSPS) is 12.2. The summed E-state index contributed by atoms with van der Waals surface area (Å²) in [5.74, 6) is 0.743. The maximum Gasteiger partial charge on any atom is 0.315 e. The molecule has 0 fully saturated rings. The second kappa shape index (κ2) is 9.22. The minimum absolute atomic E-state index is 0.132. The Bertz CT molecular complexity index is 650. The van der Waals surface area contributed by atoms with Crippen molar-refractivity contribution < 1.29 is 9.32 Å². The van der Waals surface area contributed by atoms with Crippen molar-refractivity contribution >= 4 is 6.03 Å². The predicted molar refractivity (Wildman–Crippen MR) is 98.3 cm³/mol. The van der Waals surface area contributed by atoms with Crippen molar-refractivity contribution in [2.45, 2.75) is 39.8 Å². The van der Waals surface area contributed by atoms with Gasteiger partial charge >= 0.3 is 6.03 Å². The van der Waals surface area contributed by atoms with Crippen LogP contribution in [0.5, 0.6) is 0 Å². The lowest BCUT2D eigenvalue weighted by Crippen LogP contribution is -2.38. The zero-order chi connectivity index (χ0) is 18.2. The second-order valence-electron chi connectivity index (χ2n) is 6.44. The Labute approximate surface area is 149 Å². The smallest absolute Gasteiger partial charge is 0.315 e. The molecule has 6 nitrogen and oxygen atoms in total. The third-order valence-corrected chi connectivity index (χ3v) is 4.17. The Kier molecular flexibility index (Phi) is 7.01. The van der Waals surface area contributed by atoms with E-state index in [-0.39, 0.29) is 12.1 Å². The number of amides is 2. The van der Waals surface area contributed by atoms with Gasteiger partial charge in [0.2, 0.25) is 0 Å². The van der Waals surface area contributed by atoms with Crippen molar-refractivity contribution in [3.8, 4) is 0 Å². The maximum absolute atomic E-state index is 12.0. The van der Waals surface area contributed by atoms with Gasteiger partial charge in [0, 0.05) is 18.7 Å². The van der Waals surface area contributed by atoms with Crippen LogP contribution in [0, 0.1) is 13.8 Å². The average Bonchev–Trinajstić information content (AvgIpc) is 2.91. The van der Waals surface area contributed by atoms with Gasteiger partial charge in [0.25, 0.3) is 0 Å². The van der Waals surface area contributed by atoms with Crippen molar-refractivity contribution in [2.24, 2.45) is 0 Å². The highest BCUT2D eigenvalue weighted by Gasteiger charge is 2.17. The van der Waals surface area contributed by atoms with Gasteiger partial charge in [-0.05, 0) is 46.3 Å². The van der Waals surface area contributed by atoms with E-state index in [0.29, 0.717) is 6.54 Å². The van der Waals surface area contributed by atoms with Crippen LogP contribution in [0.2, 0.25) is 0 Å². The summed E-state index contributed by atoms with van der Waals surface area (Å²) in [5, 5.41) is 9.76. The summed E-state index contributed by atoms with van der Waals surface area (Å²) in [5.41, 5.74) is 3.05. The van der Waals surface area contributed by atoms with Crippen LogP contribution in [0.1, 0.15) is 42.0 Å². The van der Waals surface area contributed by atoms with E-state index in [4.69, 9.17) is 4.52 Å². The fourth-order valence-electron chi connectivity index (χ4n) is 2.95. The lowest BCUT2D eigenvalue weighted by molar-refractivity contribution is 0.236. The summed E-state index contributed by atoms with van der Waals surface area (Å²) in [6.45, 7) is 8.14. The number of carbonyl (C=O) groups excluding carboxylic acids is 1. The zero-order valence-corrected chi connectivity index (χ0v) is 15.5. The van der Waals surface area contributed by atoms with Crippen molar-refractivity contribution in [3.63, 3.8) is 0 Å². The lowest BCUT2D eigenvalue weighted by Gasteiger charge is -2.17. The molecule has 1 atom stereocenters. The van der Waals surface area contributed by atoms with E-state index in [9.17, 15) is 4.79 Å². The van der Waals surface area contributed by atoms with Crippen LogP contribution in [0.25, 0.3) is 0 Å². The van der Waals surface area contributed by atoms with Gasteiger partial charge in [0.15, 0.2) is 0 Å². The number of nitrogens with one attached hydrogen (secondary N) is 2. The minimum Gasteiger partial charge on any atom is -0.361 e. The van der Waals surface area contributed by atoms with E-state index in [1.165, 1.54) is 5.56 Å². The van der Waals surface area contributed by atoms with E-state index in [0.717, 1.165) is 36.5 Å². The Hall–Kier alpha value is -2.34. The van der Waals surface area contributed by atoms with Crippen LogP contribution in [0.15, 0.2) is 34.9 Å². The molecule has 2 N–H and O–H groups in total. The van der Waals surface area contributed by atoms with Gasteiger partial charge in [-0.3, -0.25) is 0 Å². The predicted octanol–water partition coefficient (Wildman–Crippen LogP) is 3.17. The van der Waals surface area contributed by atoms with Crippen LogP contribution in [0.4, 0.5) is 4.79 Å². The molecule has 1 aromatic heterocycles. The van der Waals surface area contributed by atoms with Crippen molar-refractivity contribution in [1.82, 2.24) is 20.7 Å². The molecule has 2 aromatic rings. The zero-order valence-electron chi connectivity index (χ0n) is 15.5. The van der Waals surface area contributed by atoms with Crippen LogP contribution >= 0.6 is 0 Å². The van der Waals surface area contributed by atoms with E-state index >= 15 is 0 Å². The first-order valence-corrected chi connectivity index (χ1v) is 8.67. The number of rotatable bonds is 8. The SMILES string of the molecule is Cc1noc(C)c1[C@@H](C)NC(=O)NCCCN(C)Cc1ccccc1. The molecule has 25 heavy (non-hydrogen) atoms.